The summed E-state index contributed by atoms with van der Waals surface area (Å²) in [6.45, 7) is 5.94. The van der Waals surface area contributed by atoms with Crippen LogP contribution in [0, 0.1) is 12.8 Å². The molecule has 1 saturated heterocycles. The van der Waals surface area contributed by atoms with Crippen molar-refractivity contribution in [3.8, 4) is 0 Å². The molecular formula is C14H19N3O2S. The Morgan fingerprint density at radius 1 is 1.45 bits per heavy atom. The number of carbonyl (C=O) groups is 2. The van der Waals surface area contributed by atoms with Crippen molar-refractivity contribution < 1.29 is 9.59 Å². The van der Waals surface area contributed by atoms with Gasteiger partial charge in [0.1, 0.15) is 16.6 Å². The van der Waals surface area contributed by atoms with Crippen LogP contribution in [0.3, 0.4) is 0 Å². The van der Waals surface area contributed by atoms with Gasteiger partial charge in [0.05, 0.1) is 6.54 Å². The van der Waals surface area contributed by atoms with Crippen molar-refractivity contribution in [1.82, 2.24) is 15.2 Å². The molecule has 1 N–H and O–H groups in total. The largest absolute Gasteiger partial charge is 0.342 e. The average Bonchev–Trinajstić information content (AvgIpc) is 3.13. The van der Waals surface area contributed by atoms with Crippen LogP contribution in [-0.2, 0) is 16.1 Å². The fourth-order valence-electron chi connectivity index (χ4n) is 2.58. The summed E-state index contributed by atoms with van der Waals surface area (Å²) in [6, 6.07) is -0.336. The highest BCUT2D eigenvalue weighted by Crippen LogP contribution is 2.37. The zero-order valence-corrected chi connectivity index (χ0v) is 12.8. The first-order valence-electron chi connectivity index (χ1n) is 6.93. The summed E-state index contributed by atoms with van der Waals surface area (Å²) in [5, 5.41) is 5.74. The Labute approximate surface area is 122 Å². The predicted octanol–water partition coefficient (Wildman–Crippen LogP) is 1.47. The molecule has 0 spiro atoms. The van der Waals surface area contributed by atoms with Gasteiger partial charge in [-0.05, 0) is 39.5 Å². The first kappa shape index (κ1) is 13.5. The molecule has 6 heteroatoms. The lowest BCUT2D eigenvalue weighted by molar-refractivity contribution is -0.156. The molecule has 0 aromatic carbocycles. The highest BCUT2D eigenvalue weighted by atomic mass is 32.1. The van der Waals surface area contributed by atoms with E-state index in [1.54, 1.807) is 18.7 Å². The Morgan fingerprint density at radius 2 is 2.15 bits per heavy atom. The summed E-state index contributed by atoms with van der Waals surface area (Å²) in [5.41, 5.74) is 0.137. The average molecular weight is 293 g/mol. The van der Waals surface area contributed by atoms with E-state index >= 15 is 0 Å². The van der Waals surface area contributed by atoms with Crippen molar-refractivity contribution in [2.45, 2.75) is 51.7 Å². The Morgan fingerprint density at radius 3 is 2.70 bits per heavy atom. The second-order valence-electron chi connectivity index (χ2n) is 6.15. The molecule has 0 bridgehead atoms. The van der Waals surface area contributed by atoms with Gasteiger partial charge < -0.3 is 10.2 Å². The van der Waals surface area contributed by atoms with E-state index in [0.717, 1.165) is 23.5 Å². The zero-order chi connectivity index (χ0) is 14.5. The highest BCUT2D eigenvalue weighted by Gasteiger charge is 2.50. The molecule has 2 fully saturated rings. The van der Waals surface area contributed by atoms with Crippen LogP contribution >= 0.6 is 11.3 Å². The van der Waals surface area contributed by atoms with Gasteiger partial charge in [0, 0.05) is 11.1 Å². The van der Waals surface area contributed by atoms with Gasteiger partial charge in [-0.15, -0.1) is 11.3 Å². The zero-order valence-electron chi connectivity index (χ0n) is 12.0. The van der Waals surface area contributed by atoms with Gasteiger partial charge >= 0.3 is 0 Å². The van der Waals surface area contributed by atoms with Crippen LogP contribution in [0.25, 0.3) is 0 Å². The lowest BCUT2D eigenvalue weighted by Crippen LogP contribution is -2.68. The summed E-state index contributed by atoms with van der Waals surface area (Å²) in [6.07, 6.45) is 2.06. The normalized spacial score (nSPS) is 25.8. The molecule has 1 aliphatic heterocycles. The Balaban J connectivity index is 1.87. The number of rotatable bonds is 3. The molecule has 0 radical (unpaired) electrons. The Hall–Kier alpha value is -1.43. The molecule has 3 rings (SSSR count). The van der Waals surface area contributed by atoms with Crippen molar-refractivity contribution in [2.24, 2.45) is 5.92 Å². The van der Waals surface area contributed by atoms with Crippen LogP contribution in [0.15, 0.2) is 5.38 Å². The Bertz CT molecular complexity index is 563. The summed E-state index contributed by atoms with van der Waals surface area (Å²) < 4.78 is 0. The molecule has 1 unspecified atom stereocenters. The molecule has 1 atom stereocenters. The third-order valence-electron chi connectivity index (χ3n) is 4.10. The van der Waals surface area contributed by atoms with Crippen molar-refractivity contribution in [2.75, 3.05) is 0 Å². The predicted molar refractivity (Wildman–Crippen MR) is 76.1 cm³/mol. The van der Waals surface area contributed by atoms with Crippen molar-refractivity contribution in [1.29, 1.82) is 0 Å². The smallest absolute Gasteiger partial charge is 0.246 e. The molecule has 2 heterocycles. The van der Waals surface area contributed by atoms with Gasteiger partial charge in [0.25, 0.3) is 0 Å². The summed E-state index contributed by atoms with van der Waals surface area (Å²) >= 11 is 1.54. The molecule has 1 aromatic heterocycles. The van der Waals surface area contributed by atoms with Gasteiger partial charge in [-0.25, -0.2) is 4.98 Å². The fraction of sp³-hybridized carbons (Fsp3) is 0.643. The molecular weight excluding hydrogens is 274 g/mol. The number of aromatic nitrogens is 1. The molecule has 2 amide bonds. The molecule has 1 aromatic rings. The standard InChI is InChI=1S/C14H19N3O2S/c1-8-7-20-10(15-8)6-17-12(18)11(9-4-5-9)16-13(19)14(17,2)3/h7,9,11H,4-6H2,1-3H3,(H,16,19). The Kier molecular flexibility index (Phi) is 3.08. The minimum atomic E-state index is -0.817. The maximum absolute atomic E-state index is 12.7. The second kappa shape index (κ2) is 4.55. The van der Waals surface area contributed by atoms with E-state index in [-0.39, 0.29) is 17.9 Å². The second-order valence-corrected chi connectivity index (χ2v) is 7.10. The number of piperazine rings is 1. The molecule has 1 saturated carbocycles. The topological polar surface area (TPSA) is 62.3 Å². The SMILES string of the molecule is Cc1csc(CN2C(=O)C(C3CC3)NC(=O)C2(C)C)n1. The number of nitrogens with one attached hydrogen (secondary N) is 1. The van der Waals surface area contributed by atoms with E-state index in [2.05, 4.69) is 10.3 Å². The monoisotopic (exact) mass is 293 g/mol. The number of hydrogen-bond acceptors (Lipinski definition) is 4. The van der Waals surface area contributed by atoms with Crippen LogP contribution < -0.4 is 5.32 Å². The quantitative estimate of drug-likeness (QED) is 0.918. The van der Waals surface area contributed by atoms with Crippen LogP contribution in [0.5, 0.6) is 0 Å². The van der Waals surface area contributed by atoms with Gasteiger partial charge in [0.2, 0.25) is 11.8 Å². The van der Waals surface area contributed by atoms with E-state index in [4.69, 9.17) is 0 Å². The van der Waals surface area contributed by atoms with Crippen LogP contribution in [0.1, 0.15) is 37.4 Å². The van der Waals surface area contributed by atoms with E-state index < -0.39 is 5.54 Å². The summed E-state index contributed by atoms with van der Waals surface area (Å²) in [7, 11) is 0. The van der Waals surface area contributed by atoms with E-state index in [0.29, 0.717) is 12.5 Å². The first-order chi connectivity index (χ1) is 9.39. The number of amides is 2. The van der Waals surface area contributed by atoms with Crippen LogP contribution in [0.4, 0.5) is 0 Å². The third-order valence-corrected chi connectivity index (χ3v) is 5.05. The maximum Gasteiger partial charge on any atom is 0.246 e. The number of hydrogen-bond donors (Lipinski definition) is 1. The fourth-order valence-corrected chi connectivity index (χ4v) is 3.34. The van der Waals surface area contributed by atoms with Gasteiger partial charge in [0.15, 0.2) is 0 Å². The van der Waals surface area contributed by atoms with E-state index in [1.165, 1.54) is 11.3 Å². The lowest BCUT2D eigenvalue weighted by atomic mass is 9.94. The summed E-state index contributed by atoms with van der Waals surface area (Å²) in [5.74, 6) is 0.287. The lowest BCUT2D eigenvalue weighted by Gasteiger charge is -2.44. The maximum atomic E-state index is 12.7. The van der Waals surface area contributed by atoms with E-state index in [1.807, 2.05) is 12.3 Å². The van der Waals surface area contributed by atoms with Crippen LogP contribution in [-0.4, -0.2) is 33.3 Å². The molecule has 108 valence electrons. The number of carbonyl (C=O) groups excluding carboxylic acids is 2. The van der Waals surface area contributed by atoms with Crippen molar-refractivity contribution in [3.63, 3.8) is 0 Å². The minimum Gasteiger partial charge on any atom is -0.342 e. The molecule has 1 aliphatic carbocycles. The first-order valence-corrected chi connectivity index (χ1v) is 7.81. The van der Waals surface area contributed by atoms with Gasteiger partial charge in [-0.1, -0.05) is 0 Å². The number of thiazole rings is 1. The van der Waals surface area contributed by atoms with E-state index in [9.17, 15) is 9.59 Å². The van der Waals surface area contributed by atoms with Crippen LogP contribution in [0.2, 0.25) is 0 Å². The van der Waals surface area contributed by atoms with Gasteiger partial charge in [-0.2, -0.15) is 0 Å². The van der Waals surface area contributed by atoms with Crippen molar-refractivity contribution in [3.05, 3.63) is 16.1 Å². The third kappa shape index (κ3) is 2.22. The molecule has 5 nitrogen and oxygen atoms in total. The van der Waals surface area contributed by atoms with Gasteiger partial charge in [-0.3, -0.25) is 9.59 Å². The highest BCUT2D eigenvalue weighted by molar-refractivity contribution is 7.09. The molecule has 2 aliphatic rings. The minimum absolute atomic E-state index is 0.0324. The molecule has 20 heavy (non-hydrogen) atoms. The van der Waals surface area contributed by atoms with Crippen molar-refractivity contribution >= 4 is 23.2 Å². The number of aryl methyl sites for hydroxylation is 1. The number of nitrogens with zero attached hydrogens (tertiary/aromatic N) is 2. The summed E-state index contributed by atoms with van der Waals surface area (Å²) in [4.78, 5) is 31.1.